The maximum absolute atomic E-state index is 12.4. The molecule has 112 valence electrons. The standard InChI is InChI=1S/C15H13N3O3S/c1-9-8-18-14(20)10(7-16-15(18)22-9)13(19)17-11-5-3-4-6-12(11)21-2/h3-8H,1-2H3,(H,17,19). The Balaban J connectivity index is 1.99. The first-order valence-corrected chi connectivity index (χ1v) is 7.34. The zero-order valence-corrected chi connectivity index (χ0v) is 12.8. The minimum atomic E-state index is -0.514. The molecule has 0 saturated heterocycles. The zero-order valence-electron chi connectivity index (χ0n) is 12.0. The van der Waals surface area contributed by atoms with E-state index in [-0.39, 0.29) is 11.1 Å². The Kier molecular flexibility index (Phi) is 3.64. The van der Waals surface area contributed by atoms with Gasteiger partial charge >= 0.3 is 0 Å². The van der Waals surface area contributed by atoms with Crippen LogP contribution in [0.25, 0.3) is 4.96 Å². The molecular formula is C15H13N3O3S. The van der Waals surface area contributed by atoms with Gasteiger partial charge in [0, 0.05) is 17.3 Å². The second-order valence-electron chi connectivity index (χ2n) is 4.63. The maximum Gasteiger partial charge on any atom is 0.271 e. The van der Waals surface area contributed by atoms with Gasteiger partial charge in [-0.2, -0.15) is 0 Å². The summed E-state index contributed by atoms with van der Waals surface area (Å²) < 4.78 is 6.56. The third-order valence-electron chi connectivity index (χ3n) is 3.12. The van der Waals surface area contributed by atoms with Crippen LogP contribution in [-0.2, 0) is 0 Å². The van der Waals surface area contributed by atoms with Gasteiger partial charge in [-0.15, -0.1) is 11.3 Å². The van der Waals surface area contributed by atoms with Crippen molar-refractivity contribution in [1.29, 1.82) is 0 Å². The molecule has 6 nitrogen and oxygen atoms in total. The molecule has 0 atom stereocenters. The first-order chi connectivity index (χ1) is 10.6. The molecule has 0 unspecified atom stereocenters. The van der Waals surface area contributed by atoms with Gasteiger partial charge in [-0.05, 0) is 19.1 Å². The average molecular weight is 315 g/mol. The van der Waals surface area contributed by atoms with Crippen molar-refractivity contribution in [2.45, 2.75) is 6.92 Å². The van der Waals surface area contributed by atoms with Crippen molar-refractivity contribution in [3.8, 4) is 5.75 Å². The monoisotopic (exact) mass is 315 g/mol. The fourth-order valence-electron chi connectivity index (χ4n) is 2.09. The molecule has 0 aliphatic carbocycles. The Morgan fingerprint density at radius 1 is 1.36 bits per heavy atom. The predicted molar refractivity (Wildman–Crippen MR) is 85.0 cm³/mol. The van der Waals surface area contributed by atoms with E-state index in [1.165, 1.54) is 29.0 Å². The van der Waals surface area contributed by atoms with Crippen LogP contribution in [0.5, 0.6) is 5.75 Å². The smallest absolute Gasteiger partial charge is 0.271 e. The number of nitrogens with zero attached hydrogens (tertiary/aromatic N) is 2. The predicted octanol–water partition coefficient (Wildman–Crippen LogP) is 2.33. The van der Waals surface area contributed by atoms with Gasteiger partial charge in [-0.1, -0.05) is 12.1 Å². The van der Waals surface area contributed by atoms with Gasteiger partial charge < -0.3 is 10.1 Å². The van der Waals surface area contributed by atoms with E-state index in [1.54, 1.807) is 30.5 Å². The summed E-state index contributed by atoms with van der Waals surface area (Å²) in [4.78, 5) is 30.4. The van der Waals surface area contributed by atoms with Crippen LogP contribution in [0.2, 0.25) is 0 Å². The Morgan fingerprint density at radius 3 is 2.91 bits per heavy atom. The van der Waals surface area contributed by atoms with E-state index >= 15 is 0 Å². The number of para-hydroxylation sites is 2. The Bertz CT molecular complexity index is 914. The van der Waals surface area contributed by atoms with Crippen molar-refractivity contribution in [1.82, 2.24) is 9.38 Å². The first kappa shape index (κ1) is 14.3. The molecule has 7 heteroatoms. The number of rotatable bonds is 3. The topological polar surface area (TPSA) is 72.7 Å². The van der Waals surface area contributed by atoms with E-state index in [1.807, 2.05) is 6.92 Å². The van der Waals surface area contributed by atoms with Crippen LogP contribution in [-0.4, -0.2) is 22.4 Å². The van der Waals surface area contributed by atoms with E-state index < -0.39 is 5.91 Å². The van der Waals surface area contributed by atoms with Gasteiger partial charge in [-0.3, -0.25) is 14.0 Å². The van der Waals surface area contributed by atoms with Crippen LogP contribution in [0, 0.1) is 6.92 Å². The van der Waals surface area contributed by atoms with Gasteiger partial charge in [0.2, 0.25) is 0 Å². The molecule has 3 rings (SSSR count). The number of fused-ring (bicyclic) bond motifs is 1. The number of hydrogen-bond acceptors (Lipinski definition) is 5. The lowest BCUT2D eigenvalue weighted by atomic mass is 10.2. The van der Waals surface area contributed by atoms with Crippen molar-refractivity contribution in [3.63, 3.8) is 0 Å². The summed E-state index contributed by atoms with van der Waals surface area (Å²) >= 11 is 1.40. The fraction of sp³-hybridized carbons (Fsp3) is 0.133. The molecule has 0 bridgehead atoms. The quantitative estimate of drug-likeness (QED) is 0.805. The molecule has 0 radical (unpaired) electrons. The highest BCUT2D eigenvalue weighted by molar-refractivity contribution is 7.16. The molecule has 22 heavy (non-hydrogen) atoms. The highest BCUT2D eigenvalue weighted by Crippen LogP contribution is 2.23. The number of thiazole rings is 1. The molecule has 1 aromatic carbocycles. The number of carbonyl (C=O) groups is 1. The number of carbonyl (C=O) groups excluding carboxylic acids is 1. The number of benzene rings is 1. The van der Waals surface area contributed by atoms with E-state index in [9.17, 15) is 9.59 Å². The normalized spacial score (nSPS) is 10.6. The van der Waals surface area contributed by atoms with Gasteiger partial charge in [0.15, 0.2) is 4.96 Å². The molecule has 0 saturated carbocycles. The van der Waals surface area contributed by atoms with Gasteiger partial charge in [0.1, 0.15) is 11.3 Å². The lowest BCUT2D eigenvalue weighted by Gasteiger charge is -2.09. The minimum Gasteiger partial charge on any atom is -0.495 e. The summed E-state index contributed by atoms with van der Waals surface area (Å²) in [5, 5.41) is 2.68. The molecule has 0 spiro atoms. The highest BCUT2D eigenvalue weighted by Gasteiger charge is 2.16. The number of anilines is 1. The van der Waals surface area contributed by atoms with Crippen LogP contribution < -0.4 is 15.6 Å². The lowest BCUT2D eigenvalue weighted by molar-refractivity contribution is 0.102. The number of aryl methyl sites for hydroxylation is 1. The maximum atomic E-state index is 12.4. The Labute approximate surface area is 130 Å². The van der Waals surface area contributed by atoms with Crippen molar-refractivity contribution in [2.24, 2.45) is 0 Å². The van der Waals surface area contributed by atoms with Crippen molar-refractivity contribution < 1.29 is 9.53 Å². The van der Waals surface area contributed by atoms with Gasteiger partial charge in [0.05, 0.1) is 12.8 Å². The summed E-state index contributed by atoms with van der Waals surface area (Å²) in [7, 11) is 1.52. The number of nitrogens with one attached hydrogen (secondary N) is 1. The van der Waals surface area contributed by atoms with Crippen molar-refractivity contribution in [2.75, 3.05) is 12.4 Å². The SMILES string of the molecule is COc1ccccc1NC(=O)c1cnc2sc(C)cn2c1=O. The summed E-state index contributed by atoms with van der Waals surface area (Å²) in [6, 6.07) is 7.00. The highest BCUT2D eigenvalue weighted by atomic mass is 32.1. The third kappa shape index (κ3) is 2.46. The van der Waals surface area contributed by atoms with Gasteiger partial charge in [-0.25, -0.2) is 4.98 Å². The molecule has 0 aliphatic rings. The van der Waals surface area contributed by atoms with Crippen LogP contribution in [0.4, 0.5) is 5.69 Å². The Morgan fingerprint density at radius 2 is 2.14 bits per heavy atom. The number of amides is 1. The van der Waals surface area contributed by atoms with Gasteiger partial charge in [0.25, 0.3) is 11.5 Å². The third-order valence-corrected chi connectivity index (χ3v) is 4.03. The summed E-state index contributed by atoms with van der Waals surface area (Å²) in [6.07, 6.45) is 2.98. The minimum absolute atomic E-state index is 0.0128. The van der Waals surface area contributed by atoms with Crippen LogP contribution >= 0.6 is 11.3 Å². The average Bonchev–Trinajstić information content (AvgIpc) is 2.89. The number of ether oxygens (including phenoxy) is 1. The molecule has 0 aliphatic heterocycles. The second kappa shape index (κ2) is 5.61. The van der Waals surface area contributed by atoms with E-state index in [4.69, 9.17) is 4.74 Å². The molecule has 1 amide bonds. The summed E-state index contributed by atoms with van der Waals surface area (Å²) in [6.45, 7) is 1.88. The molecule has 1 N–H and O–H groups in total. The number of hydrogen-bond donors (Lipinski definition) is 1. The molecule has 0 fully saturated rings. The fourth-order valence-corrected chi connectivity index (χ4v) is 2.87. The number of methoxy groups -OCH3 is 1. The van der Waals surface area contributed by atoms with Crippen LogP contribution in [0.15, 0.2) is 41.5 Å². The first-order valence-electron chi connectivity index (χ1n) is 6.52. The van der Waals surface area contributed by atoms with E-state index in [0.29, 0.717) is 16.4 Å². The van der Waals surface area contributed by atoms with Crippen LogP contribution in [0.1, 0.15) is 15.2 Å². The molecule has 2 aromatic heterocycles. The zero-order chi connectivity index (χ0) is 15.7. The largest absolute Gasteiger partial charge is 0.495 e. The van der Waals surface area contributed by atoms with Crippen LogP contribution in [0.3, 0.4) is 0 Å². The molecular weight excluding hydrogens is 302 g/mol. The Hall–Kier alpha value is -2.67. The lowest BCUT2D eigenvalue weighted by Crippen LogP contribution is -2.26. The van der Waals surface area contributed by atoms with E-state index in [0.717, 1.165) is 4.88 Å². The van der Waals surface area contributed by atoms with Crippen molar-refractivity contribution in [3.05, 3.63) is 57.5 Å². The number of aromatic nitrogens is 2. The second-order valence-corrected chi connectivity index (χ2v) is 5.84. The van der Waals surface area contributed by atoms with E-state index in [2.05, 4.69) is 10.3 Å². The summed E-state index contributed by atoms with van der Waals surface area (Å²) in [5.74, 6) is 0.0108. The van der Waals surface area contributed by atoms with Crippen molar-refractivity contribution >= 4 is 27.9 Å². The molecule has 2 heterocycles. The summed E-state index contributed by atoms with van der Waals surface area (Å²) in [5.41, 5.74) is 0.101. The molecule has 3 aromatic rings.